The van der Waals surface area contributed by atoms with E-state index in [2.05, 4.69) is 20.5 Å². The van der Waals surface area contributed by atoms with Crippen LogP contribution in [0.3, 0.4) is 0 Å². The van der Waals surface area contributed by atoms with Gasteiger partial charge in [-0.1, -0.05) is 23.9 Å². The van der Waals surface area contributed by atoms with E-state index in [9.17, 15) is 8.42 Å². The Bertz CT molecular complexity index is 1130. The van der Waals surface area contributed by atoms with Crippen molar-refractivity contribution in [3.8, 4) is 5.69 Å². The summed E-state index contributed by atoms with van der Waals surface area (Å²) in [5, 5.41) is 11.8. The van der Waals surface area contributed by atoms with Gasteiger partial charge in [0.1, 0.15) is 0 Å². The molecule has 0 N–H and O–H groups in total. The minimum Gasteiger partial charge on any atom is -0.230 e. The van der Waals surface area contributed by atoms with E-state index in [1.165, 1.54) is 6.26 Å². The maximum atomic E-state index is 11.6. The molecule has 0 aliphatic heterocycles. The fourth-order valence-electron chi connectivity index (χ4n) is 2.37. The van der Waals surface area contributed by atoms with Crippen LogP contribution in [-0.4, -0.2) is 39.9 Å². The Balaban J connectivity index is 1.55. The number of para-hydroxylation sites is 1. The fourth-order valence-corrected chi connectivity index (χ4v) is 4.97. The van der Waals surface area contributed by atoms with Crippen LogP contribution in [0.1, 0.15) is 5.82 Å². The zero-order valence-electron chi connectivity index (χ0n) is 13.6. The Kier molecular flexibility index (Phi) is 4.47. The van der Waals surface area contributed by atoms with Gasteiger partial charge in [0.2, 0.25) is 0 Å². The molecule has 0 radical (unpaired) electrons. The molecule has 7 nitrogen and oxygen atoms in total. The van der Waals surface area contributed by atoms with Gasteiger partial charge in [-0.25, -0.2) is 13.4 Å². The average Bonchev–Trinajstić information content (AvgIpc) is 3.25. The summed E-state index contributed by atoms with van der Waals surface area (Å²) in [5.41, 5.74) is 1.69. The summed E-state index contributed by atoms with van der Waals surface area (Å²) in [7, 11) is -3.23. The van der Waals surface area contributed by atoms with Crippen LogP contribution in [0.15, 0.2) is 57.8 Å². The van der Waals surface area contributed by atoms with E-state index in [1.807, 2.05) is 24.3 Å². The number of hydrogen-bond acceptors (Lipinski definition) is 8. The second-order valence-electron chi connectivity index (χ2n) is 5.51. The van der Waals surface area contributed by atoms with Gasteiger partial charge in [-0.15, -0.1) is 16.4 Å². The van der Waals surface area contributed by atoms with Gasteiger partial charge in [0.25, 0.3) is 0 Å². The van der Waals surface area contributed by atoms with E-state index in [4.69, 9.17) is 0 Å². The second-order valence-corrected chi connectivity index (χ2v) is 9.78. The molecule has 0 unspecified atom stereocenters. The van der Waals surface area contributed by atoms with Crippen molar-refractivity contribution in [3.63, 3.8) is 0 Å². The molecule has 0 amide bonds. The van der Waals surface area contributed by atoms with Crippen molar-refractivity contribution < 1.29 is 8.42 Å². The van der Waals surface area contributed by atoms with Crippen molar-refractivity contribution in [1.29, 1.82) is 0 Å². The number of thioether (sulfide) groups is 1. The van der Waals surface area contributed by atoms with Crippen LogP contribution >= 0.6 is 23.1 Å². The van der Waals surface area contributed by atoms with Crippen molar-refractivity contribution >= 4 is 43.2 Å². The molecular weight excluding hydrogens is 390 g/mol. The molecule has 0 aliphatic carbocycles. The standard InChI is InChI=1S/C16H13N5O2S3/c1-26(22,23)12-8-6-11(7-9-12)21-15(18-19-20-21)10-24-16-17-13-4-2-3-5-14(13)25-16/h2-9H,10H2,1H3. The van der Waals surface area contributed by atoms with Crippen LogP contribution in [0.5, 0.6) is 0 Å². The molecule has 10 heteroatoms. The van der Waals surface area contributed by atoms with Crippen LogP contribution < -0.4 is 0 Å². The number of sulfone groups is 1. The first-order chi connectivity index (χ1) is 12.5. The van der Waals surface area contributed by atoms with Crippen molar-refractivity contribution in [3.05, 3.63) is 54.4 Å². The van der Waals surface area contributed by atoms with Crippen LogP contribution in [-0.2, 0) is 15.6 Å². The summed E-state index contributed by atoms with van der Waals surface area (Å²) in [6.07, 6.45) is 1.18. The molecule has 0 aliphatic rings. The van der Waals surface area contributed by atoms with Gasteiger partial charge in [0.05, 0.1) is 26.6 Å². The number of aromatic nitrogens is 5. The lowest BCUT2D eigenvalue weighted by molar-refractivity contribution is 0.602. The van der Waals surface area contributed by atoms with Gasteiger partial charge < -0.3 is 0 Å². The van der Waals surface area contributed by atoms with Gasteiger partial charge in [-0.2, -0.15) is 4.68 Å². The lowest BCUT2D eigenvalue weighted by Crippen LogP contribution is -2.03. The zero-order valence-corrected chi connectivity index (χ0v) is 16.1. The van der Waals surface area contributed by atoms with Crippen LogP contribution in [0.25, 0.3) is 15.9 Å². The van der Waals surface area contributed by atoms with Gasteiger partial charge in [-0.05, 0) is 46.8 Å². The highest BCUT2D eigenvalue weighted by molar-refractivity contribution is 8.00. The molecule has 0 fully saturated rings. The first-order valence-electron chi connectivity index (χ1n) is 7.57. The van der Waals surface area contributed by atoms with E-state index in [1.54, 1.807) is 52.0 Å². The highest BCUT2D eigenvalue weighted by Crippen LogP contribution is 2.31. The summed E-state index contributed by atoms with van der Waals surface area (Å²) in [4.78, 5) is 4.85. The van der Waals surface area contributed by atoms with Crippen molar-refractivity contribution in [2.24, 2.45) is 0 Å². The highest BCUT2D eigenvalue weighted by Gasteiger charge is 2.12. The normalized spacial score (nSPS) is 11.9. The third kappa shape index (κ3) is 3.48. The molecule has 4 rings (SSSR count). The average molecular weight is 404 g/mol. The molecule has 0 bridgehead atoms. The van der Waals surface area contributed by atoms with E-state index >= 15 is 0 Å². The summed E-state index contributed by atoms with van der Waals surface area (Å²) in [6, 6.07) is 14.5. The van der Waals surface area contributed by atoms with Crippen molar-refractivity contribution in [2.75, 3.05) is 6.26 Å². The van der Waals surface area contributed by atoms with Gasteiger partial charge in [0, 0.05) is 6.26 Å². The number of tetrazole rings is 1. The number of thiazole rings is 1. The van der Waals surface area contributed by atoms with E-state index in [0.29, 0.717) is 17.3 Å². The van der Waals surface area contributed by atoms with Crippen LogP contribution in [0.2, 0.25) is 0 Å². The Labute approximate surface area is 158 Å². The summed E-state index contributed by atoms with van der Waals surface area (Å²) in [6.45, 7) is 0. The maximum absolute atomic E-state index is 11.6. The number of benzene rings is 2. The fraction of sp³-hybridized carbons (Fsp3) is 0.125. The third-order valence-corrected chi connectivity index (χ3v) is 6.95. The molecular formula is C16H13N5O2S3. The lowest BCUT2D eigenvalue weighted by atomic mass is 10.3. The van der Waals surface area contributed by atoms with E-state index in [-0.39, 0.29) is 4.90 Å². The molecule has 2 aromatic heterocycles. The quantitative estimate of drug-likeness (QED) is 0.473. The topological polar surface area (TPSA) is 90.6 Å². The number of rotatable bonds is 5. The third-order valence-electron chi connectivity index (χ3n) is 3.64. The lowest BCUT2D eigenvalue weighted by Gasteiger charge is -2.05. The SMILES string of the molecule is CS(=O)(=O)c1ccc(-n2nnnc2CSc2nc3ccccc3s2)cc1. The Hall–Kier alpha value is -2.30. The smallest absolute Gasteiger partial charge is 0.175 e. The Morgan fingerprint density at radius 1 is 1.12 bits per heavy atom. The molecule has 2 aromatic carbocycles. The van der Waals surface area contributed by atoms with Crippen LogP contribution in [0, 0.1) is 0 Å². The number of hydrogen-bond donors (Lipinski definition) is 0. The zero-order chi connectivity index (χ0) is 18.1. The number of fused-ring (bicyclic) bond motifs is 1. The Morgan fingerprint density at radius 3 is 2.62 bits per heavy atom. The molecule has 132 valence electrons. The molecule has 0 atom stereocenters. The second kappa shape index (κ2) is 6.78. The number of nitrogens with zero attached hydrogens (tertiary/aromatic N) is 5. The van der Waals surface area contributed by atoms with E-state index < -0.39 is 9.84 Å². The minimum atomic E-state index is -3.23. The summed E-state index contributed by atoms with van der Waals surface area (Å²) < 4.78 is 26.8. The van der Waals surface area contributed by atoms with Gasteiger partial charge >= 0.3 is 0 Å². The van der Waals surface area contributed by atoms with Gasteiger partial charge in [0.15, 0.2) is 20.0 Å². The van der Waals surface area contributed by atoms with Crippen molar-refractivity contribution in [2.45, 2.75) is 15.0 Å². The first kappa shape index (κ1) is 17.1. The highest BCUT2D eigenvalue weighted by atomic mass is 32.2. The molecule has 2 heterocycles. The van der Waals surface area contributed by atoms with E-state index in [0.717, 1.165) is 14.6 Å². The molecule has 26 heavy (non-hydrogen) atoms. The Morgan fingerprint density at radius 2 is 1.88 bits per heavy atom. The molecule has 0 saturated heterocycles. The minimum absolute atomic E-state index is 0.264. The summed E-state index contributed by atoms with van der Waals surface area (Å²) in [5.74, 6) is 1.22. The van der Waals surface area contributed by atoms with Crippen molar-refractivity contribution in [1.82, 2.24) is 25.2 Å². The molecule has 0 spiro atoms. The monoisotopic (exact) mass is 403 g/mol. The van der Waals surface area contributed by atoms with Crippen LogP contribution in [0.4, 0.5) is 0 Å². The largest absolute Gasteiger partial charge is 0.230 e. The summed E-state index contributed by atoms with van der Waals surface area (Å²) >= 11 is 3.20. The maximum Gasteiger partial charge on any atom is 0.175 e. The van der Waals surface area contributed by atoms with Gasteiger partial charge in [-0.3, -0.25) is 0 Å². The predicted molar refractivity (Wildman–Crippen MR) is 101 cm³/mol. The predicted octanol–water partition coefficient (Wildman–Crippen LogP) is 2.97. The first-order valence-corrected chi connectivity index (χ1v) is 11.3. The molecule has 4 aromatic rings. The molecule has 0 saturated carbocycles.